The maximum absolute atomic E-state index is 13.6. The lowest BCUT2D eigenvalue weighted by Crippen LogP contribution is -2.46. The fourth-order valence-corrected chi connectivity index (χ4v) is 1.76. The van der Waals surface area contributed by atoms with E-state index in [2.05, 4.69) is 0 Å². The van der Waals surface area contributed by atoms with Crippen LogP contribution in [0.25, 0.3) is 0 Å². The van der Waals surface area contributed by atoms with E-state index in [0.29, 0.717) is 12.6 Å². The van der Waals surface area contributed by atoms with Gasteiger partial charge in [-0.1, -0.05) is 12.1 Å². The Bertz CT molecular complexity index is 548. The number of urea groups is 1. The summed E-state index contributed by atoms with van der Waals surface area (Å²) in [6.45, 7) is 0.615. The Hall–Kier alpha value is -1.90. The third-order valence-electron chi connectivity index (χ3n) is 3.12. The summed E-state index contributed by atoms with van der Waals surface area (Å²) in [6.07, 6.45) is -4.97. The van der Waals surface area contributed by atoms with Crippen LogP contribution in [-0.2, 0) is 0 Å². The fraction of sp³-hybridized carbons (Fsp3) is 0.500. The summed E-state index contributed by atoms with van der Waals surface area (Å²) in [5.41, 5.74) is -0.966. The number of carbonyl (C=O) groups excluding carboxylic acids is 1. The Morgan fingerprint density at radius 1 is 1.17 bits per heavy atom. The van der Waals surface area contributed by atoms with Gasteiger partial charge >= 0.3 is 12.2 Å². The normalized spacial score (nSPS) is 13.1. The summed E-state index contributed by atoms with van der Waals surface area (Å²) in [5, 5.41) is 1.70. The number of benzene rings is 1. The molecule has 0 bridgehead atoms. The molecular weight excluding hydrogens is 321 g/mol. The molecule has 0 aliphatic rings. The van der Waals surface area contributed by atoms with E-state index in [1.54, 1.807) is 24.3 Å². The van der Waals surface area contributed by atoms with Crippen LogP contribution in [0.5, 0.6) is 0 Å². The Kier molecular flexibility index (Phi) is 6.31. The highest BCUT2D eigenvalue weighted by molar-refractivity contribution is 5.74. The Labute approximate surface area is 130 Å². The number of hydrogen-bond donors (Lipinski definition) is 1. The molecule has 1 rings (SSSR count). The van der Waals surface area contributed by atoms with Crippen LogP contribution in [0.4, 0.5) is 26.7 Å². The van der Waals surface area contributed by atoms with Crippen molar-refractivity contribution in [3.8, 4) is 0 Å². The van der Waals surface area contributed by atoms with Gasteiger partial charge in [0.05, 0.1) is 0 Å². The van der Waals surface area contributed by atoms with Crippen LogP contribution in [0, 0.1) is 11.6 Å². The quantitative estimate of drug-likeness (QED) is 0.838. The van der Waals surface area contributed by atoms with E-state index in [4.69, 9.17) is 0 Å². The predicted molar refractivity (Wildman–Crippen MR) is 74.9 cm³/mol. The number of carbonyl (C=O) groups is 1. The van der Waals surface area contributed by atoms with E-state index in [1.807, 2.05) is 0 Å². The average Bonchev–Trinajstić information content (AvgIpc) is 2.44. The molecule has 2 amide bonds. The molecule has 0 saturated carbocycles. The van der Waals surface area contributed by atoms with E-state index in [-0.39, 0.29) is 6.54 Å². The van der Waals surface area contributed by atoms with Gasteiger partial charge in [0.1, 0.15) is 0 Å². The van der Waals surface area contributed by atoms with E-state index in [1.165, 1.54) is 7.05 Å². The molecule has 1 aromatic rings. The van der Waals surface area contributed by atoms with Crippen LogP contribution >= 0.6 is 0 Å². The first kappa shape index (κ1) is 19.1. The Morgan fingerprint density at radius 2 is 1.78 bits per heavy atom. The van der Waals surface area contributed by atoms with Crippen molar-refractivity contribution >= 4 is 6.03 Å². The first-order chi connectivity index (χ1) is 10.5. The molecule has 0 fully saturated rings. The van der Waals surface area contributed by atoms with Crippen LogP contribution in [0.2, 0.25) is 0 Å². The number of likely N-dealkylation sites (N-methyl/N-ethyl adjacent to an activating group) is 2. The first-order valence-electron chi connectivity index (χ1n) is 6.71. The number of halogens is 5. The molecular formula is C14H18F5N3O. The molecule has 0 aliphatic carbocycles. The molecule has 1 unspecified atom stereocenters. The molecule has 130 valence electrons. The number of amides is 2. The highest BCUT2D eigenvalue weighted by Crippen LogP contribution is 2.34. The van der Waals surface area contributed by atoms with Crippen LogP contribution in [-0.4, -0.2) is 56.2 Å². The van der Waals surface area contributed by atoms with E-state index >= 15 is 0 Å². The van der Waals surface area contributed by atoms with Gasteiger partial charge in [0, 0.05) is 25.7 Å². The minimum atomic E-state index is -4.97. The molecule has 0 aliphatic heterocycles. The molecule has 0 saturated heterocycles. The first-order valence-corrected chi connectivity index (χ1v) is 6.71. The van der Waals surface area contributed by atoms with E-state index in [0.717, 1.165) is 17.0 Å². The highest BCUT2D eigenvalue weighted by Gasteiger charge is 2.44. The topological polar surface area (TPSA) is 35.6 Å². The molecule has 1 atom stereocenters. The predicted octanol–water partition coefficient (Wildman–Crippen LogP) is 2.77. The average molecular weight is 339 g/mol. The van der Waals surface area contributed by atoms with Crippen molar-refractivity contribution in [2.45, 2.75) is 12.2 Å². The zero-order chi connectivity index (χ0) is 17.8. The van der Waals surface area contributed by atoms with Gasteiger partial charge in [-0.3, -0.25) is 0 Å². The molecule has 23 heavy (non-hydrogen) atoms. The number of hydrogen-bond acceptors (Lipinski definition) is 2. The van der Waals surface area contributed by atoms with Crippen LogP contribution in [0.3, 0.4) is 0 Å². The summed E-state index contributed by atoms with van der Waals surface area (Å²) in [7, 11) is 4.80. The summed E-state index contributed by atoms with van der Waals surface area (Å²) in [4.78, 5) is 14.6. The SMILES string of the molecule is CN(C)CCN(C)C(=O)NC(c1cccc(F)c1F)C(F)(F)F. The number of nitrogens with one attached hydrogen (secondary N) is 1. The summed E-state index contributed by atoms with van der Waals surface area (Å²) in [5.74, 6) is -3.04. The Balaban J connectivity index is 2.97. The second kappa shape index (κ2) is 7.58. The Morgan fingerprint density at radius 3 is 2.30 bits per heavy atom. The lowest BCUT2D eigenvalue weighted by molar-refractivity contribution is -0.156. The van der Waals surface area contributed by atoms with Crippen molar-refractivity contribution in [3.05, 3.63) is 35.4 Å². The van der Waals surface area contributed by atoms with Crippen molar-refractivity contribution in [2.75, 3.05) is 34.2 Å². The molecule has 4 nitrogen and oxygen atoms in total. The van der Waals surface area contributed by atoms with Gasteiger partial charge in [-0.25, -0.2) is 13.6 Å². The number of alkyl halides is 3. The van der Waals surface area contributed by atoms with Crippen molar-refractivity contribution in [1.29, 1.82) is 0 Å². The van der Waals surface area contributed by atoms with Crippen molar-refractivity contribution in [1.82, 2.24) is 15.1 Å². The molecule has 0 radical (unpaired) electrons. The molecule has 1 aromatic carbocycles. The van der Waals surface area contributed by atoms with E-state index in [9.17, 15) is 26.7 Å². The van der Waals surface area contributed by atoms with Gasteiger partial charge in [-0.2, -0.15) is 13.2 Å². The van der Waals surface area contributed by atoms with Crippen LogP contribution < -0.4 is 5.32 Å². The van der Waals surface area contributed by atoms with E-state index < -0.39 is 35.4 Å². The second-order valence-electron chi connectivity index (χ2n) is 5.29. The monoisotopic (exact) mass is 339 g/mol. The maximum Gasteiger partial charge on any atom is 0.413 e. The van der Waals surface area contributed by atoms with Gasteiger partial charge in [-0.05, 0) is 20.2 Å². The lowest BCUT2D eigenvalue weighted by Gasteiger charge is -2.26. The van der Waals surface area contributed by atoms with Crippen molar-refractivity contribution < 1.29 is 26.7 Å². The van der Waals surface area contributed by atoms with Gasteiger partial charge in [0.25, 0.3) is 0 Å². The van der Waals surface area contributed by atoms with Crippen LogP contribution in [0.15, 0.2) is 18.2 Å². The summed E-state index contributed by atoms with van der Waals surface area (Å²) in [6, 6.07) is -1.21. The van der Waals surface area contributed by atoms with Gasteiger partial charge in [-0.15, -0.1) is 0 Å². The lowest BCUT2D eigenvalue weighted by atomic mass is 10.1. The minimum Gasteiger partial charge on any atom is -0.327 e. The highest BCUT2D eigenvalue weighted by atomic mass is 19.4. The molecule has 0 spiro atoms. The van der Waals surface area contributed by atoms with Crippen molar-refractivity contribution in [2.24, 2.45) is 0 Å². The van der Waals surface area contributed by atoms with Crippen LogP contribution in [0.1, 0.15) is 11.6 Å². The molecule has 0 heterocycles. The van der Waals surface area contributed by atoms with Gasteiger partial charge in [0.2, 0.25) is 0 Å². The maximum atomic E-state index is 13.6. The molecule has 9 heteroatoms. The molecule has 0 aromatic heterocycles. The van der Waals surface area contributed by atoms with Gasteiger partial charge < -0.3 is 15.1 Å². The minimum absolute atomic E-state index is 0.176. The van der Waals surface area contributed by atoms with Crippen molar-refractivity contribution in [3.63, 3.8) is 0 Å². The zero-order valence-corrected chi connectivity index (χ0v) is 12.9. The third-order valence-corrected chi connectivity index (χ3v) is 3.12. The third kappa shape index (κ3) is 5.34. The standard InChI is InChI=1S/C14H18F5N3O/c1-21(2)7-8-22(3)13(23)20-12(14(17,18)19)9-5-4-6-10(15)11(9)16/h4-6,12H,7-8H2,1-3H3,(H,20,23). The number of rotatable bonds is 5. The molecule has 1 N–H and O–H groups in total. The van der Waals surface area contributed by atoms with Gasteiger partial charge in [0.15, 0.2) is 17.7 Å². The fourth-order valence-electron chi connectivity index (χ4n) is 1.76. The zero-order valence-electron chi connectivity index (χ0n) is 12.9. The largest absolute Gasteiger partial charge is 0.413 e. The number of nitrogens with zero attached hydrogens (tertiary/aromatic N) is 2. The second-order valence-corrected chi connectivity index (χ2v) is 5.29. The smallest absolute Gasteiger partial charge is 0.327 e. The summed E-state index contributed by atoms with van der Waals surface area (Å²) < 4.78 is 66.2. The summed E-state index contributed by atoms with van der Waals surface area (Å²) >= 11 is 0.